The van der Waals surface area contributed by atoms with Crippen LogP contribution in [0.25, 0.3) is 22.8 Å². The van der Waals surface area contributed by atoms with Crippen molar-refractivity contribution in [2.45, 2.75) is 27.3 Å². The van der Waals surface area contributed by atoms with Gasteiger partial charge < -0.3 is 14.4 Å². The number of carbonyl (C=O) groups is 1. The monoisotopic (exact) mass is 414 g/mol. The summed E-state index contributed by atoms with van der Waals surface area (Å²) in [5, 5.41) is 6.87. The Kier molecular flexibility index (Phi) is 5.49. The van der Waals surface area contributed by atoms with Crippen molar-refractivity contribution < 1.29 is 9.32 Å². The number of rotatable bonds is 5. The largest absolute Gasteiger partial charge is 0.333 e. The number of benzene rings is 2. The maximum Gasteiger partial charge on any atom is 0.263 e. The molecule has 1 N–H and O–H groups in total. The second kappa shape index (κ2) is 8.39. The fourth-order valence-corrected chi connectivity index (χ4v) is 3.39. The number of nitrogens with zero attached hydrogens (tertiary/aromatic N) is 3. The fraction of sp³-hybridized carbons (Fsp3) is 0.167. The van der Waals surface area contributed by atoms with E-state index in [0.29, 0.717) is 5.82 Å². The maximum absolute atomic E-state index is 12.9. The Balaban J connectivity index is 1.57. The average Bonchev–Trinajstić information content (AvgIpc) is 3.22. The minimum absolute atomic E-state index is 0.118. The molecule has 0 saturated heterocycles. The first-order valence-electron chi connectivity index (χ1n) is 9.89. The minimum Gasteiger partial charge on any atom is -0.333 e. The molecule has 2 aromatic heterocycles. The lowest BCUT2D eigenvalue weighted by molar-refractivity contribution is -0.116. The quantitative estimate of drug-likeness (QED) is 0.530. The van der Waals surface area contributed by atoms with Crippen LogP contribution in [0.5, 0.6) is 0 Å². The molecule has 4 aromatic rings. The summed E-state index contributed by atoms with van der Waals surface area (Å²) in [6.07, 6.45) is 1.56. The van der Waals surface area contributed by atoms with Crippen LogP contribution in [-0.4, -0.2) is 20.6 Å². The van der Waals surface area contributed by atoms with Crippen LogP contribution < -0.4 is 10.9 Å². The van der Waals surface area contributed by atoms with Crippen molar-refractivity contribution in [1.29, 1.82) is 0 Å². The van der Waals surface area contributed by atoms with Gasteiger partial charge in [0.25, 0.3) is 11.4 Å². The third-order valence-corrected chi connectivity index (χ3v) is 5.03. The number of nitrogens with one attached hydrogen (secondary N) is 1. The molecule has 0 spiro atoms. The summed E-state index contributed by atoms with van der Waals surface area (Å²) >= 11 is 0. The number of carbonyl (C=O) groups excluding carboxylic acids is 1. The van der Waals surface area contributed by atoms with Crippen LogP contribution in [0.2, 0.25) is 0 Å². The van der Waals surface area contributed by atoms with E-state index in [2.05, 4.69) is 15.5 Å². The van der Waals surface area contributed by atoms with Gasteiger partial charge in [-0.05, 0) is 50.1 Å². The molecule has 0 radical (unpaired) electrons. The Hall–Kier alpha value is -4.00. The molecule has 0 bridgehead atoms. The highest BCUT2D eigenvalue weighted by Crippen LogP contribution is 2.23. The van der Waals surface area contributed by atoms with E-state index in [0.717, 1.165) is 27.9 Å². The molecule has 2 heterocycles. The number of aromatic nitrogens is 3. The Labute approximate surface area is 179 Å². The average molecular weight is 414 g/mol. The Morgan fingerprint density at radius 2 is 1.77 bits per heavy atom. The van der Waals surface area contributed by atoms with Gasteiger partial charge in [0.05, 0.1) is 0 Å². The van der Waals surface area contributed by atoms with Crippen LogP contribution in [0.15, 0.2) is 70.1 Å². The molecule has 7 heteroatoms. The fourth-order valence-electron chi connectivity index (χ4n) is 3.39. The van der Waals surface area contributed by atoms with E-state index >= 15 is 0 Å². The second-order valence-electron chi connectivity index (χ2n) is 7.46. The summed E-state index contributed by atoms with van der Waals surface area (Å²) in [5.41, 5.74) is 4.50. The zero-order chi connectivity index (χ0) is 22.0. The van der Waals surface area contributed by atoms with Gasteiger partial charge in [0.2, 0.25) is 11.7 Å². The molecule has 7 nitrogen and oxygen atoms in total. The van der Waals surface area contributed by atoms with E-state index in [1.807, 2.05) is 63.2 Å². The van der Waals surface area contributed by atoms with Crippen LogP contribution in [0.3, 0.4) is 0 Å². The predicted molar refractivity (Wildman–Crippen MR) is 119 cm³/mol. The van der Waals surface area contributed by atoms with Crippen molar-refractivity contribution in [3.63, 3.8) is 0 Å². The van der Waals surface area contributed by atoms with Gasteiger partial charge in [-0.25, -0.2) is 0 Å². The zero-order valence-corrected chi connectivity index (χ0v) is 17.5. The van der Waals surface area contributed by atoms with E-state index in [4.69, 9.17) is 4.52 Å². The summed E-state index contributed by atoms with van der Waals surface area (Å²) in [7, 11) is 0. The molecule has 31 heavy (non-hydrogen) atoms. The molecule has 4 rings (SSSR count). The zero-order valence-electron chi connectivity index (χ0n) is 17.5. The maximum atomic E-state index is 12.9. The summed E-state index contributed by atoms with van der Waals surface area (Å²) in [4.78, 5) is 29.8. The number of anilines is 1. The molecule has 2 aromatic carbocycles. The van der Waals surface area contributed by atoms with E-state index in [9.17, 15) is 9.59 Å². The number of amides is 1. The van der Waals surface area contributed by atoms with Gasteiger partial charge in [-0.3, -0.25) is 9.59 Å². The van der Waals surface area contributed by atoms with E-state index in [1.165, 1.54) is 4.57 Å². The molecule has 0 saturated carbocycles. The molecular formula is C24H22N4O3. The van der Waals surface area contributed by atoms with Crippen molar-refractivity contribution in [3.05, 3.63) is 87.8 Å². The predicted octanol–water partition coefficient (Wildman–Crippen LogP) is 4.13. The van der Waals surface area contributed by atoms with Crippen LogP contribution in [0.4, 0.5) is 5.69 Å². The molecule has 0 aliphatic carbocycles. The first kappa shape index (κ1) is 20.3. The van der Waals surface area contributed by atoms with Crippen LogP contribution in [-0.2, 0) is 11.3 Å². The number of pyridine rings is 1. The lowest BCUT2D eigenvalue weighted by atomic mass is 10.1. The number of hydrogen-bond acceptors (Lipinski definition) is 5. The molecular weight excluding hydrogens is 392 g/mol. The summed E-state index contributed by atoms with van der Waals surface area (Å²) in [5.74, 6) is 0.236. The van der Waals surface area contributed by atoms with Gasteiger partial charge in [0.15, 0.2) is 0 Å². The normalized spacial score (nSPS) is 10.8. The smallest absolute Gasteiger partial charge is 0.263 e. The van der Waals surface area contributed by atoms with E-state index < -0.39 is 0 Å². The Bertz CT molecular complexity index is 1320. The van der Waals surface area contributed by atoms with Crippen molar-refractivity contribution >= 4 is 11.6 Å². The number of hydrogen-bond donors (Lipinski definition) is 1. The van der Waals surface area contributed by atoms with Crippen molar-refractivity contribution in [2.75, 3.05) is 5.32 Å². The highest BCUT2D eigenvalue weighted by Gasteiger charge is 2.17. The first-order valence-corrected chi connectivity index (χ1v) is 9.89. The lowest BCUT2D eigenvalue weighted by Gasteiger charge is -2.10. The van der Waals surface area contributed by atoms with Crippen molar-refractivity contribution in [2.24, 2.45) is 0 Å². The highest BCUT2D eigenvalue weighted by molar-refractivity contribution is 5.91. The third kappa shape index (κ3) is 4.30. The SMILES string of the molecule is Cc1ccc(NC(=O)Cn2cccc(-c3nc(-c4ccccc4C)no3)c2=O)c(C)c1. The van der Waals surface area contributed by atoms with Gasteiger partial charge in [0.1, 0.15) is 12.1 Å². The number of aryl methyl sites for hydroxylation is 3. The molecule has 156 valence electrons. The summed E-state index contributed by atoms with van der Waals surface area (Å²) in [6, 6.07) is 16.7. The summed E-state index contributed by atoms with van der Waals surface area (Å²) < 4.78 is 6.67. The van der Waals surface area contributed by atoms with Crippen LogP contribution in [0, 0.1) is 20.8 Å². The van der Waals surface area contributed by atoms with Crippen LogP contribution >= 0.6 is 0 Å². The third-order valence-electron chi connectivity index (χ3n) is 5.03. The summed E-state index contributed by atoms with van der Waals surface area (Å²) in [6.45, 7) is 5.75. The molecule has 0 unspecified atom stereocenters. The van der Waals surface area contributed by atoms with E-state index in [1.54, 1.807) is 18.3 Å². The topological polar surface area (TPSA) is 90.0 Å². The molecule has 0 atom stereocenters. The molecule has 0 fully saturated rings. The molecule has 1 amide bonds. The second-order valence-corrected chi connectivity index (χ2v) is 7.46. The minimum atomic E-state index is -0.377. The van der Waals surface area contributed by atoms with Gasteiger partial charge in [-0.1, -0.05) is 47.1 Å². The Morgan fingerprint density at radius 3 is 2.55 bits per heavy atom. The highest BCUT2D eigenvalue weighted by atomic mass is 16.5. The van der Waals surface area contributed by atoms with E-state index in [-0.39, 0.29) is 29.5 Å². The van der Waals surface area contributed by atoms with Gasteiger partial charge in [0, 0.05) is 17.4 Å². The molecule has 0 aliphatic rings. The van der Waals surface area contributed by atoms with Gasteiger partial charge in [-0.15, -0.1) is 0 Å². The van der Waals surface area contributed by atoms with Crippen molar-refractivity contribution in [1.82, 2.24) is 14.7 Å². The van der Waals surface area contributed by atoms with Gasteiger partial charge >= 0.3 is 0 Å². The van der Waals surface area contributed by atoms with Crippen LogP contribution in [0.1, 0.15) is 16.7 Å². The molecule has 0 aliphatic heterocycles. The lowest BCUT2D eigenvalue weighted by Crippen LogP contribution is -2.28. The van der Waals surface area contributed by atoms with Gasteiger partial charge in [-0.2, -0.15) is 4.98 Å². The van der Waals surface area contributed by atoms with Crippen molar-refractivity contribution in [3.8, 4) is 22.8 Å². The standard InChI is InChI=1S/C24H22N4O3/c1-15-10-11-20(17(3)13-15)25-21(29)14-28-12-6-9-19(24(28)30)23-26-22(27-31-23)18-8-5-4-7-16(18)2/h4-13H,14H2,1-3H3,(H,25,29). The first-order chi connectivity index (χ1) is 14.9. The Morgan fingerprint density at radius 1 is 1.00 bits per heavy atom.